The molecule has 3 N–H and O–H groups in total. The summed E-state index contributed by atoms with van der Waals surface area (Å²) >= 11 is 0. The van der Waals surface area contributed by atoms with Crippen LogP contribution in [0.4, 0.5) is 0 Å². The molecule has 0 aliphatic carbocycles. The second kappa shape index (κ2) is 4.18. The largest absolute Gasteiger partial charge is 0.388 e. The Bertz CT molecular complexity index is 329. The molecule has 2 fully saturated rings. The van der Waals surface area contributed by atoms with Gasteiger partial charge in [-0.25, -0.2) is 4.99 Å². The van der Waals surface area contributed by atoms with Gasteiger partial charge in [0.25, 0.3) is 0 Å². The van der Waals surface area contributed by atoms with Gasteiger partial charge >= 0.3 is 11.8 Å². The molecule has 2 saturated heterocycles. The van der Waals surface area contributed by atoms with Crippen molar-refractivity contribution in [1.82, 2.24) is 10.6 Å². The molecule has 0 aromatic heterocycles. The maximum atomic E-state index is 10.8. The minimum Gasteiger partial charge on any atom is -0.388 e. The molecule has 88 valence electrons. The monoisotopic (exact) mass is 227 g/mol. The van der Waals surface area contributed by atoms with Crippen LogP contribution < -0.4 is 10.6 Å². The fraction of sp³-hybridized carbons (Fsp3) is 0.667. The van der Waals surface area contributed by atoms with Crippen LogP contribution >= 0.6 is 0 Å². The number of hydrogen-bond acceptors (Lipinski definition) is 5. The van der Waals surface area contributed by atoms with Crippen LogP contribution in [0, 0.1) is 0 Å². The van der Waals surface area contributed by atoms with Crippen LogP contribution in [0.15, 0.2) is 4.99 Å². The number of aliphatic hydroxyl groups is 1. The number of nitrogens with one attached hydrogen (secondary N) is 2. The SMILES string of the molecule is O=C1NC(=NCC2(O)CCOCC2)NC1=O. The molecule has 2 aliphatic heterocycles. The maximum absolute atomic E-state index is 10.8. The molecule has 0 radical (unpaired) electrons. The molecule has 0 aromatic rings. The number of carbonyl (C=O) groups is 2. The highest BCUT2D eigenvalue weighted by molar-refractivity contribution is 6.45. The smallest absolute Gasteiger partial charge is 0.316 e. The van der Waals surface area contributed by atoms with Crippen LogP contribution in [-0.4, -0.2) is 48.2 Å². The first-order valence-corrected chi connectivity index (χ1v) is 5.06. The van der Waals surface area contributed by atoms with E-state index in [-0.39, 0.29) is 12.5 Å². The summed E-state index contributed by atoms with van der Waals surface area (Å²) in [6.45, 7) is 1.15. The molecular weight excluding hydrogens is 214 g/mol. The lowest BCUT2D eigenvalue weighted by molar-refractivity contribution is -0.135. The van der Waals surface area contributed by atoms with Crippen molar-refractivity contribution in [2.75, 3.05) is 19.8 Å². The third kappa shape index (κ3) is 2.37. The van der Waals surface area contributed by atoms with Gasteiger partial charge in [0, 0.05) is 26.1 Å². The lowest BCUT2D eigenvalue weighted by Gasteiger charge is -2.30. The van der Waals surface area contributed by atoms with Crippen molar-refractivity contribution in [3.8, 4) is 0 Å². The summed E-state index contributed by atoms with van der Waals surface area (Å²) < 4.78 is 5.12. The second-order valence-electron chi connectivity index (χ2n) is 3.91. The average molecular weight is 227 g/mol. The Morgan fingerprint density at radius 3 is 2.38 bits per heavy atom. The minimum absolute atomic E-state index is 0.106. The van der Waals surface area contributed by atoms with E-state index >= 15 is 0 Å². The Morgan fingerprint density at radius 1 is 1.25 bits per heavy atom. The Balaban J connectivity index is 1.93. The summed E-state index contributed by atoms with van der Waals surface area (Å²) in [5, 5.41) is 14.6. The van der Waals surface area contributed by atoms with Crippen LogP contribution in [0.2, 0.25) is 0 Å². The molecule has 16 heavy (non-hydrogen) atoms. The topological polar surface area (TPSA) is 100 Å². The van der Waals surface area contributed by atoms with Crippen molar-refractivity contribution in [2.45, 2.75) is 18.4 Å². The van der Waals surface area contributed by atoms with E-state index in [0.717, 1.165) is 0 Å². The molecule has 2 rings (SSSR count). The molecule has 0 spiro atoms. The van der Waals surface area contributed by atoms with E-state index in [2.05, 4.69) is 15.6 Å². The zero-order chi connectivity index (χ0) is 11.6. The van der Waals surface area contributed by atoms with E-state index in [0.29, 0.717) is 26.1 Å². The number of guanidine groups is 1. The number of carbonyl (C=O) groups excluding carboxylic acids is 2. The predicted octanol–water partition coefficient (Wildman–Crippen LogP) is -1.87. The molecule has 0 unspecified atom stereocenters. The van der Waals surface area contributed by atoms with Crippen molar-refractivity contribution in [2.24, 2.45) is 4.99 Å². The summed E-state index contributed by atoms with van der Waals surface area (Å²) in [5.41, 5.74) is -0.900. The lowest BCUT2D eigenvalue weighted by Crippen LogP contribution is -2.40. The molecule has 2 amide bonds. The Labute approximate surface area is 91.9 Å². The summed E-state index contributed by atoms with van der Waals surface area (Å²) in [6.07, 6.45) is 1.01. The third-order valence-corrected chi connectivity index (χ3v) is 2.63. The van der Waals surface area contributed by atoms with Gasteiger partial charge in [0.05, 0.1) is 12.1 Å². The number of amides is 2. The number of aliphatic imine (C=N–C) groups is 1. The highest BCUT2D eigenvalue weighted by Gasteiger charge is 2.31. The van der Waals surface area contributed by atoms with Gasteiger partial charge < -0.3 is 9.84 Å². The Kier molecular flexibility index (Phi) is 2.88. The van der Waals surface area contributed by atoms with E-state index in [4.69, 9.17) is 4.74 Å². The molecular formula is C9H13N3O4. The predicted molar refractivity (Wildman–Crippen MR) is 53.6 cm³/mol. The summed E-state index contributed by atoms with van der Waals surface area (Å²) in [4.78, 5) is 25.6. The first kappa shape index (κ1) is 11.0. The highest BCUT2D eigenvalue weighted by Crippen LogP contribution is 2.20. The fourth-order valence-corrected chi connectivity index (χ4v) is 1.57. The number of hydrogen-bond donors (Lipinski definition) is 3. The van der Waals surface area contributed by atoms with Crippen LogP contribution in [0.3, 0.4) is 0 Å². The number of ether oxygens (including phenoxy) is 1. The van der Waals surface area contributed by atoms with E-state index in [1.54, 1.807) is 0 Å². The van der Waals surface area contributed by atoms with Gasteiger partial charge in [-0.2, -0.15) is 0 Å². The standard InChI is InChI=1S/C9H13N3O4/c13-6-7(14)12-8(11-6)10-5-9(15)1-3-16-4-2-9/h15H,1-5H2,(H2,10,11,12,13,14). The summed E-state index contributed by atoms with van der Waals surface area (Å²) in [5.74, 6) is -1.34. The average Bonchev–Trinajstić information content (AvgIpc) is 2.57. The molecule has 7 nitrogen and oxygen atoms in total. The molecule has 2 aliphatic rings. The zero-order valence-corrected chi connectivity index (χ0v) is 8.65. The van der Waals surface area contributed by atoms with Gasteiger partial charge in [0.2, 0.25) is 5.96 Å². The van der Waals surface area contributed by atoms with Crippen molar-refractivity contribution < 1.29 is 19.4 Å². The molecule has 0 bridgehead atoms. The van der Waals surface area contributed by atoms with Gasteiger partial charge in [0.1, 0.15) is 0 Å². The zero-order valence-electron chi connectivity index (χ0n) is 8.65. The molecule has 2 heterocycles. The van der Waals surface area contributed by atoms with Gasteiger partial charge in [-0.1, -0.05) is 0 Å². The quantitative estimate of drug-likeness (QED) is 0.481. The normalized spacial score (nSPS) is 23.9. The van der Waals surface area contributed by atoms with Crippen LogP contribution in [-0.2, 0) is 14.3 Å². The van der Waals surface area contributed by atoms with Gasteiger partial charge in [0.15, 0.2) is 0 Å². The summed E-state index contributed by atoms with van der Waals surface area (Å²) in [6, 6.07) is 0. The van der Waals surface area contributed by atoms with Crippen molar-refractivity contribution >= 4 is 17.8 Å². The van der Waals surface area contributed by atoms with E-state index in [1.807, 2.05) is 0 Å². The summed E-state index contributed by atoms with van der Waals surface area (Å²) in [7, 11) is 0. The highest BCUT2D eigenvalue weighted by atomic mass is 16.5. The first-order chi connectivity index (χ1) is 7.59. The molecule has 0 saturated carbocycles. The van der Waals surface area contributed by atoms with Gasteiger partial charge in [-0.15, -0.1) is 0 Å². The molecule has 7 heteroatoms. The molecule has 0 aromatic carbocycles. The fourth-order valence-electron chi connectivity index (χ4n) is 1.57. The van der Waals surface area contributed by atoms with Crippen molar-refractivity contribution in [3.05, 3.63) is 0 Å². The molecule has 0 atom stereocenters. The van der Waals surface area contributed by atoms with Crippen molar-refractivity contribution in [1.29, 1.82) is 0 Å². The van der Waals surface area contributed by atoms with E-state index < -0.39 is 17.4 Å². The van der Waals surface area contributed by atoms with Crippen LogP contribution in [0.25, 0.3) is 0 Å². The number of rotatable bonds is 2. The third-order valence-electron chi connectivity index (χ3n) is 2.63. The Morgan fingerprint density at radius 2 is 1.81 bits per heavy atom. The van der Waals surface area contributed by atoms with Gasteiger partial charge in [-0.3, -0.25) is 20.2 Å². The van der Waals surface area contributed by atoms with Crippen LogP contribution in [0.1, 0.15) is 12.8 Å². The maximum Gasteiger partial charge on any atom is 0.316 e. The van der Waals surface area contributed by atoms with E-state index in [1.165, 1.54) is 0 Å². The number of nitrogens with zero attached hydrogens (tertiary/aromatic N) is 1. The van der Waals surface area contributed by atoms with Crippen molar-refractivity contribution in [3.63, 3.8) is 0 Å². The lowest BCUT2D eigenvalue weighted by atomic mass is 9.95. The second-order valence-corrected chi connectivity index (χ2v) is 3.91. The van der Waals surface area contributed by atoms with Gasteiger partial charge in [-0.05, 0) is 0 Å². The minimum atomic E-state index is -0.900. The first-order valence-electron chi connectivity index (χ1n) is 5.06. The Hall–Kier alpha value is -1.47. The van der Waals surface area contributed by atoms with Crippen LogP contribution in [0.5, 0.6) is 0 Å². The van der Waals surface area contributed by atoms with E-state index in [9.17, 15) is 14.7 Å².